The molecule has 0 unspecified atom stereocenters. The smallest absolute Gasteiger partial charge is 0.116 e. The molecule has 15 heavy (non-hydrogen) atoms. The van der Waals surface area contributed by atoms with Crippen LogP contribution >= 0.6 is 12.4 Å². The van der Waals surface area contributed by atoms with Crippen LogP contribution in [-0.4, -0.2) is 9.97 Å². The molecule has 0 radical (unpaired) electrons. The van der Waals surface area contributed by atoms with E-state index in [-0.39, 0.29) is 12.4 Å². The van der Waals surface area contributed by atoms with Crippen molar-refractivity contribution in [3.63, 3.8) is 0 Å². The van der Waals surface area contributed by atoms with Gasteiger partial charge in [0.15, 0.2) is 0 Å². The van der Waals surface area contributed by atoms with Crippen molar-refractivity contribution in [1.29, 1.82) is 0 Å². The van der Waals surface area contributed by atoms with Gasteiger partial charge in [-0.2, -0.15) is 0 Å². The highest BCUT2D eigenvalue weighted by Gasteiger charge is 1.97. The lowest BCUT2D eigenvalue weighted by Gasteiger charge is -2.00. The van der Waals surface area contributed by atoms with Gasteiger partial charge in [0.1, 0.15) is 6.33 Å². The summed E-state index contributed by atoms with van der Waals surface area (Å²) < 4.78 is 0. The van der Waals surface area contributed by atoms with Crippen LogP contribution in [0.3, 0.4) is 0 Å². The fourth-order valence-corrected chi connectivity index (χ4v) is 1.27. The predicted molar refractivity (Wildman–Crippen MR) is 62.6 cm³/mol. The Morgan fingerprint density at radius 1 is 1.07 bits per heavy atom. The zero-order valence-electron chi connectivity index (χ0n) is 8.13. The highest BCUT2D eigenvalue weighted by molar-refractivity contribution is 5.85. The predicted octanol–water partition coefficient (Wildman–Crippen LogP) is 2.02. The van der Waals surface area contributed by atoms with Gasteiger partial charge in [-0.1, -0.05) is 24.3 Å². The van der Waals surface area contributed by atoms with Crippen LogP contribution in [0.15, 0.2) is 42.9 Å². The molecule has 0 saturated heterocycles. The molecule has 2 rings (SSSR count). The number of nitrogens with two attached hydrogens (primary N) is 1. The molecule has 2 N–H and O–H groups in total. The number of benzene rings is 1. The van der Waals surface area contributed by atoms with Crippen molar-refractivity contribution in [3.05, 3.63) is 48.4 Å². The average Bonchev–Trinajstić information content (AvgIpc) is 2.30. The van der Waals surface area contributed by atoms with E-state index in [9.17, 15) is 0 Å². The minimum atomic E-state index is 0. The summed E-state index contributed by atoms with van der Waals surface area (Å²) >= 11 is 0. The summed E-state index contributed by atoms with van der Waals surface area (Å²) in [5, 5.41) is 0. The Balaban J connectivity index is 0.00000112. The summed E-state index contributed by atoms with van der Waals surface area (Å²) in [6, 6.07) is 9.95. The topological polar surface area (TPSA) is 51.8 Å². The number of hydrogen-bond donors (Lipinski definition) is 1. The molecule has 1 aromatic heterocycles. The second-order valence-electron chi connectivity index (χ2n) is 3.00. The number of nitrogens with zero attached hydrogens (tertiary/aromatic N) is 2. The maximum absolute atomic E-state index is 5.51. The second-order valence-corrected chi connectivity index (χ2v) is 3.00. The monoisotopic (exact) mass is 221 g/mol. The van der Waals surface area contributed by atoms with Gasteiger partial charge < -0.3 is 5.73 Å². The molecule has 78 valence electrons. The maximum atomic E-state index is 5.51. The van der Waals surface area contributed by atoms with Crippen molar-refractivity contribution in [2.75, 3.05) is 0 Å². The first-order valence-corrected chi connectivity index (χ1v) is 4.45. The normalized spacial score (nSPS) is 9.40. The van der Waals surface area contributed by atoms with E-state index in [1.54, 1.807) is 12.5 Å². The van der Waals surface area contributed by atoms with Crippen molar-refractivity contribution < 1.29 is 0 Å². The van der Waals surface area contributed by atoms with Gasteiger partial charge in [0.2, 0.25) is 0 Å². The van der Waals surface area contributed by atoms with Gasteiger partial charge in [-0.05, 0) is 11.6 Å². The van der Waals surface area contributed by atoms with E-state index in [4.69, 9.17) is 5.73 Å². The van der Waals surface area contributed by atoms with Gasteiger partial charge in [0, 0.05) is 18.3 Å². The zero-order valence-corrected chi connectivity index (χ0v) is 8.95. The van der Waals surface area contributed by atoms with E-state index in [1.165, 1.54) is 0 Å². The number of rotatable bonds is 2. The summed E-state index contributed by atoms with van der Waals surface area (Å²) in [5.74, 6) is 0. The summed E-state index contributed by atoms with van der Waals surface area (Å²) in [5.41, 5.74) is 8.66. The van der Waals surface area contributed by atoms with E-state index < -0.39 is 0 Å². The van der Waals surface area contributed by atoms with Crippen LogP contribution in [0.5, 0.6) is 0 Å². The molecule has 1 aromatic carbocycles. The van der Waals surface area contributed by atoms with E-state index in [0.29, 0.717) is 6.54 Å². The number of aromatic nitrogens is 2. The van der Waals surface area contributed by atoms with Gasteiger partial charge in [0.25, 0.3) is 0 Å². The zero-order chi connectivity index (χ0) is 9.80. The average molecular weight is 222 g/mol. The Kier molecular flexibility index (Phi) is 4.21. The first kappa shape index (κ1) is 11.6. The fraction of sp³-hybridized carbons (Fsp3) is 0.0909. The van der Waals surface area contributed by atoms with Crippen molar-refractivity contribution in [3.8, 4) is 11.3 Å². The van der Waals surface area contributed by atoms with Crippen LogP contribution in [-0.2, 0) is 6.54 Å². The van der Waals surface area contributed by atoms with Crippen LogP contribution in [0.2, 0.25) is 0 Å². The lowest BCUT2D eigenvalue weighted by Crippen LogP contribution is -1.95. The van der Waals surface area contributed by atoms with Crippen LogP contribution < -0.4 is 5.73 Å². The van der Waals surface area contributed by atoms with Crippen molar-refractivity contribution in [1.82, 2.24) is 9.97 Å². The molecular weight excluding hydrogens is 210 g/mol. The summed E-state index contributed by atoms with van der Waals surface area (Å²) in [6.07, 6.45) is 3.28. The lowest BCUT2D eigenvalue weighted by atomic mass is 10.1. The Labute approximate surface area is 94.8 Å². The minimum Gasteiger partial charge on any atom is -0.326 e. The fourth-order valence-electron chi connectivity index (χ4n) is 1.27. The third kappa shape index (κ3) is 2.75. The van der Waals surface area contributed by atoms with Crippen LogP contribution in [0.1, 0.15) is 5.56 Å². The first-order chi connectivity index (χ1) is 6.90. The Hall–Kier alpha value is -1.45. The van der Waals surface area contributed by atoms with Gasteiger partial charge in [0.05, 0.1) is 5.69 Å². The van der Waals surface area contributed by atoms with Gasteiger partial charge >= 0.3 is 0 Å². The SMILES string of the molecule is Cl.NCc1ccc(-c2ccncn2)cc1. The number of halogens is 1. The van der Waals surface area contributed by atoms with E-state index in [2.05, 4.69) is 9.97 Å². The largest absolute Gasteiger partial charge is 0.326 e. The van der Waals surface area contributed by atoms with Crippen LogP contribution in [0, 0.1) is 0 Å². The maximum Gasteiger partial charge on any atom is 0.116 e. The van der Waals surface area contributed by atoms with Gasteiger partial charge in [-0.3, -0.25) is 0 Å². The molecule has 0 bridgehead atoms. The quantitative estimate of drug-likeness (QED) is 0.844. The minimum absolute atomic E-state index is 0. The highest BCUT2D eigenvalue weighted by Crippen LogP contribution is 2.15. The third-order valence-corrected chi connectivity index (χ3v) is 2.07. The summed E-state index contributed by atoms with van der Waals surface area (Å²) in [6.45, 7) is 0.573. The summed E-state index contributed by atoms with van der Waals surface area (Å²) in [4.78, 5) is 8.04. The molecular formula is C11H12ClN3. The van der Waals surface area contributed by atoms with Gasteiger partial charge in [-0.25, -0.2) is 9.97 Å². The molecule has 0 saturated carbocycles. The first-order valence-electron chi connectivity index (χ1n) is 4.45. The van der Waals surface area contributed by atoms with Crippen molar-refractivity contribution in [2.24, 2.45) is 5.73 Å². The lowest BCUT2D eigenvalue weighted by molar-refractivity contribution is 1.07. The molecule has 0 aliphatic rings. The van der Waals surface area contributed by atoms with Crippen LogP contribution in [0.25, 0.3) is 11.3 Å². The third-order valence-electron chi connectivity index (χ3n) is 2.07. The molecule has 0 atom stereocenters. The van der Waals surface area contributed by atoms with E-state index >= 15 is 0 Å². The Bertz CT molecular complexity index is 400. The molecule has 0 aliphatic heterocycles. The second kappa shape index (κ2) is 5.44. The number of hydrogen-bond acceptors (Lipinski definition) is 3. The van der Waals surface area contributed by atoms with Crippen LogP contribution in [0.4, 0.5) is 0 Å². The highest BCUT2D eigenvalue weighted by atomic mass is 35.5. The molecule has 0 spiro atoms. The standard InChI is InChI=1S/C11H11N3.ClH/c12-7-9-1-3-10(4-2-9)11-5-6-13-8-14-11;/h1-6,8H,7,12H2;1H. The van der Waals surface area contributed by atoms with Crippen molar-refractivity contribution >= 4 is 12.4 Å². The molecule has 1 heterocycles. The molecule has 4 heteroatoms. The van der Waals surface area contributed by atoms with Gasteiger partial charge in [-0.15, -0.1) is 12.4 Å². The molecule has 2 aromatic rings. The molecule has 3 nitrogen and oxygen atoms in total. The van der Waals surface area contributed by atoms with E-state index in [1.807, 2.05) is 30.3 Å². The van der Waals surface area contributed by atoms with Crippen molar-refractivity contribution in [2.45, 2.75) is 6.54 Å². The Morgan fingerprint density at radius 3 is 2.33 bits per heavy atom. The molecule has 0 amide bonds. The van der Waals surface area contributed by atoms with E-state index in [0.717, 1.165) is 16.8 Å². The molecule has 0 fully saturated rings. The molecule has 0 aliphatic carbocycles. The summed E-state index contributed by atoms with van der Waals surface area (Å²) in [7, 11) is 0. The Morgan fingerprint density at radius 2 is 1.80 bits per heavy atom.